The largest absolute Gasteiger partial charge is 0.370 e. The summed E-state index contributed by atoms with van der Waals surface area (Å²) in [6, 6.07) is 2.32. The molecule has 82 valence electrons. The number of nitrogens with one attached hydrogen (secondary N) is 1. The van der Waals surface area contributed by atoms with Crippen molar-refractivity contribution in [2.24, 2.45) is 11.7 Å². The van der Waals surface area contributed by atoms with Gasteiger partial charge in [-0.1, -0.05) is 6.42 Å². The Balaban J connectivity index is 1.87. The average Bonchev–Trinajstić information content (AvgIpc) is 2.61. The molecular weight excluding hydrogens is 188 g/mol. The summed E-state index contributed by atoms with van der Waals surface area (Å²) in [6.07, 6.45) is 5.25. The van der Waals surface area contributed by atoms with Crippen LogP contribution < -0.4 is 11.1 Å². The molecule has 1 aliphatic rings. The Bertz CT molecular complexity index is 326. The molecule has 0 aromatic carbocycles. The molecule has 0 saturated heterocycles. The number of anilines is 1. The second kappa shape index (κ2) is 4.57. The highest BCUT2D eigenvalue weighted by Crippen LogP contribution is 2.23. The molecule has 1 aromatic rings. The standard InChI is InChI=1S/C11H18N4/c1-8-5-11(15-7-14-8)13-6-9-3-2-4-10(9)12/h5,7,9-10H,2-4,6,12H2,1H3,(H,13,14,15). The normalized spacial score (nSPS) is 25.5. The SMILES string of the molecule is Cc1cc(NCC2CCCC2N)ncn1. The molecule has 0 radical (unpaired) electrons. The summed E-state index contributed by atoms with van der Waals surface area (Å²) in [5, 5.41) is 3.33. The second-order valence-electron chi connectivity index (χ2n) is 4.28. The first-order valence-electron chi connectivity index (χ1n) is 5.54. The van der Waals surface area contributed by atoms with Crippen molar-refractivity contribution in [1.82, 2.24) is 9.97 Å². The molecule has 1 saturated carbocycles. The molecule has 2 atom stereocenters. The summed E-state index contributed by atoms with van der Waals surface area (Å²) in [5.74, 6) is 1.50. The first-order chi connectivity index (χ1) is 7.25. The van der Waals surface area contributed by atoms with E-state index in [4.69, 9.17) is 5.73 Å². The monoisotopic (exact) mass is 206 g/mol. The number of aromatic nitrogens is 2. The quantitative estimate of drug-likeness (QED) is 0.783. The lowest BCUT2D eigenvalue weighted by Crippen LogP contribution is -2.29. The Labute approximate surface area is 90.3 Å². The molecule has 1 heterocycles. The van der Waals surface area contributed by atoms with Crippen LogP contribution in [-0.4, -0.2) is 22.6 Å². The summed E-state index contributed by atoms with van der Waals surface area (Å²) >= 11 is 0. The van der Waals surface area contributed by atoms with Gasteiger partial charge in [0.05, 0.1) is 0 Å². The second-order valence-corrected chi connectivity index (χ2v) is 4.28. The Morgan fingerprint density at radius 2 is 2.33 bits per heavy atom. The molecule has 3 N–H and O–H groups in total. The highest BCUT2D eigenvalue weighted by atomic mass is 15.0. The Kier molecular flexibility index (Phi) is 3.16. The van der Waals surface area contributed by atoms with Crippen molar-refractivity contribution in [3.05, 3.63) is 18.1 Å². The van der Waals surface area contributed by atoms with Gasteiger partial charge < -0.3 is 11.1 Å². The fourth-order valence-electron chi connectivity index (χ4n) is 2.11. The predicted molar refractivity (Wildman–Crippen MR) is 60.6 cm³/mol. The first kappa shape index (κ1) is 10.4. The van der Waals surface area contributed by atoms with Gasteiger partial charge in [0.15, 0.2) is 0 Å². The van der Waals surface area contributed by atoms with Crippen molar-refractivity contribution >= 4 is 5.82 Å². The van der Waals surface area contributed by atoms with Crippen molar-refractivity contribution in [3.63, 3.8) is 0 Å². The lowest BCUT2D eigenvalue weighted by molar-refractivity contribution is 0.504. The number of aryl methyl sites for hydroxylation is 1. The van der Waals surface area contributed by atoms with Gasteiger partial charge in [-0.05, 0) is 25.7 Å². The van der Waals surface area contributed by atoms with Crippen LogP contribution in [0.2, 0.25) is 0 Å². The van der Waals surface area contributed by atoms with E-state index in [1.807, 2.05) is 13.0 Å². The molecular formula is C11H18N4. The zero-order chi connectivity index (χ0) is 10.7. The molecule has 1 fully saturated rings. The molecule has 2 unspecified atom stereocenters. The van der Waals surface area contributed by atoms with E-state index in [1.54, 1.807) is 6.33 Å². The Morgan fingerprint density at radius 3 is 3.00 bits per heavy atom. The van der Waals surface area contributed by atoms with E-state index in [2.05, 4.69) is 15.3 Å². The third kappa shape index (κ3) is 2.65. The zero-order valence-corrected chi connectivity index (χ0v) is 9.11. The minimum atomic E-state index is 0.362. The molecule has 0 bridgehead atoms. The van der Waals surface area contributed by atoms with E-state index in [1.165, 1.54) is 12.8 Å². The zero-order valence-electron chi connectivity index (χ0n) is 9.11. The van der Waals surface area contributed by atoms with E-state index in [0.29, 0.717) is 12.0 Å². The van der Waals surface area contributed by atoms with Gasteiger partial charge >= 0.3 is 0 Å². The fraction of sp³-hybridized carbons (Fsp3) is 0.636. The summed E-state index contributed by atoms with van der Waals surface area (Å²) in [5.41, 5.74) is 6.99. The summed E-state index contributed by atoms with van der Waals surface area (Å²) in [7, 11) is 0. The van der Waals surface area contributed by atoms with Crippen molar-refractivity contribution in [1.29, 1.82) is 0 Å². The van der Waals surface area contributed by atoms with Crippen molar-refractivity contribution in [3.8, 4) is 0 Å². The van der Waals surface area contributed by atoms with Crippen molar-refractivity contribution < 1.29 is 0 Å². The van der Waals surface area contributed by atoms with Crippen LogP contribution in [0.25, 0.3) is 0 Å². The van der Waals surface area contributed by atoms with Crippen molar-refractivity contribution in [2.45, 2.75) is 32.2 Å². The van der Waals surface area contributed by atoms with Crippen LogP contribution in [0, 0.1) is 12.8 Å². The lowest BCUT2D eigenvalue weighted by Gasteiger charge is -2.16. The molecule has 1 aliphatic carbocycles. The minimum absolute atomic E-state index is 0.362. The predicted octanol–water partition coefficient (Wildman–Crippen LogP) is 1.32. The van der Waals surface area contributed by atoms with Crippen LogP contribution in [-0.2, 0) is 0 Å². The van der Waals surface area contributed by atoms with Crippen LogP contribution in [0.3, 0.4) is 0 Å². The number of nitrogens with zero attached hydrogens (tertiary/aromatic N) is 2. The number of hydrogen-bond acceptors (Lipinski definition) is 4. The highest BCUT2D eigenvalue weighted by molar-refractivity contribution is 5.34. The van der Waals surface area contributed by atoms with E-state index in [9.17, 15) is 0 Å². The number of hydrogen-bond donors (Lipinski definition) is 2. The third-order valence-electron chi connectivity index (χ3n) is 3.07. The maximum Gasteiger partial charge on any atom is 0.129 e. The topological polar surface area (TPSA) is 63.8 Å². The molecule has 15 heavy (non-hydrogen) atoms. The van der Waals surface area contributed by atoms with Crippen LogP contribution in [0.5, 0.6) is 0 Å². The number of rotatable bonds is 3. The lowest BCUT2D eigenvalue weighted by atomic mass is 10.1. The minimum Gasteiger partial charge on any atom is -0.370 e. The van der Waals surface area contributed by atoms with E-state index in [-0.39, 0.29) is 0 Å². The van der Waals surface area contributed by atoms with Crippen LogP contribution in [0.4, 0.5) is 5.82 Å². The van der Waals surface area contributed by atoms with Gasteiger partial charge in [-0.25, -0.2) is 9.97 Å². The Hall–Kier alpha value is -1.16. The average molecular weight is 206 g/mol. The Morgan fingerprint density at radius 1 is 1.47 bits per heavy atom. The van der Waals surface area contributed by atoms with Gasteiger partial charge in [-0.15, -0.1) is 0 Å². The first-order valence-corrected chi connectivity index (χ1v) is 5.54. The van der Waals surface area contributed by atoms with Gasteiger partial charge in [0.1, 0.15) is 12.1 Å². The molecule has 0 aliphatic heterocycles. The smallest absolute Gasteiger partial charge is 0.129 e. The van der Waals surface area contributed by atoms with Gasteiger partial charge in [0, 0.05) is 24.3 Å². The summed E-state index contributed by atoms with van der Waals surface area (Å²) in [6.45, 7) is 2.89. The molecule has 4 nitrogen and oxygen atoms in total. The van der Waals surface area contributed by atoms with E-state index in [0.717, 1.165) is 24.5 Å². The maximum atomic E-state index is 6.00. The number of nitrogens with two attached hydrogens (primary N) is 1. The van der Waals surface area contributed by atoms with Gasteiger partial charge in [-0.2, -0.15) is 0 Å². The van der Waals surface area contributed by atoms with E-state index < -0.39 is 0 Å². The van der Waals surface area contributed by atoms with Gasteiger partial charge in [0.25, 0.3) is 0 Å². The van der Waals surface area contributed by atoms with Crippen molar-refractivity contribution in [2.75, 3.05) is 11.9 Å². The molecule has 1 aromatic heterocycles. The fourth-order valence-corrected chi connectivity index (χ4v) is 2.11. The molecule has 2 rings (SSSR count). The van der Waals surface area contributed by atoms with Gasteiger partial charge in [-0.3, -0.25) is 0 Å². The van der Waals surface area contributed by atoms with Gasteiger partial charge in [0.2, 0.25) is 0 Å². The van der Waals surface area contributed by atoms with Crippen LogP contribution in [0.1, 0.15) is 25.0 Å². The van der Waals surface area contributed by atoms with Crippen LogP contribution >= 0.6 is 0 Å². The molecule has 0 spiro atoms. The molecule has 0 amide bonds. The highest BCUT2D eigenvalue weighted by Gasteiger charge is 2.23. The summed E-state index contributed by atoms with van der Waals surface area (Å²) in [4.78, 5) is 8.22. The van der Waals surface area contributed by atoms with E-state index >= 15 is 0 Å². The molecule has 4 heteroatoms. The third-order valence-corrected chi connectivity index (χ3v) is 3.07. The summed E-state index contributed by atoms with van der Waals surface area (Å²) < 4.78 is 0. The maximum absolute atomic E-state index is 6.00. The van der Waals surface area contributed by atoms with Crippen LogP contribution in [0.15, 0.2) is 12.4 Å².